The van der Waals surface area contributed by atoms with E-state index < -0.39 is 10.0 Å². The molecule has 1 aromatic carbocycles. The second kappa shape index (κ2) is 10.5. The highest BCUT2D eigenvalue weighted by atomic mass is 32.2. The molecular weight excluding hydrogens is 338 g/mol. The van der Waals surface area contributed by atoms with Crippen molar-refractivity contribution in [2.75, 3.05) is 26.2 Å². The molecule has 0 aliphatic rings. The van der Waals surface area contributed by atoms with Crippen molar-refractivity contribution in [3.05, 3.63) is 29.8 Å². The Hall–Kier alpha value is -1.44. The van der Waals surface area contributed by atoms with Gasteiger partial charge in [0.1, 0.15) is 0 Å². The highest BCUT2D eigenvalue weighted by Crippen LogP contribution is 2.17. The number of benzene rings is 1. The van der Waals surface area contributed by atoms with E-state index in [4.69, 9.17) is 0 Å². The Morgan fingerprint density at radius 2 is 1.64 bits per heavy atom. The van der Waals surface area contributed by atoms with Gasteiger partial charge in [-0.3, -0.25) is 4.79 Å². The molecule has 142 valence electrons. The van der Waals surface area contributed by atoms with Crippen molar-refractivity contribution in [3.8, 4) is 0 Å². The average molecular weight is 370 g/mol. The summed E-state index contributed by atoms with van der Waals surface area (Å²) in [6.45, 7) is 10.3. The minimum Gasteiger partial charge on any atom is -0.350 e. The number of amides is 1. The lowest BCUT2D eigenvalue weighted by atomic mass is 10.2. The third-order valence-electron chi connectivity index (χ3n) is 3.82. The maximum atomic E-state index is 12.7. The van der Waals surface area contributed by atoms with Crippen LogP contribution in [-0.2, 0) is 10.0 Å². The fourth-order valence-corrected chi connectivity index (χ4v) is 4.17. The average Bonchev–Trinajstić information content (AvgIpc) is 2.60. The number of nitrogens with one attached hydrogen (secondary N) is 2. The first-order valence-corrected chi connectivity index (χ1v) is 10.4. The summed E-state index contributed by atoms with van der Waals surface area (Å²) in [5, 5.41) is 6.06. The minimum atomic E-state index is -3.51. The molecule has 0 aliphatic heterocycles. The Morgan fingerprint density at radius 1 is 1.08 bits per heavy atom. The van der Waals surface area contributed by atoms with E-state index in [-0.39, 0.29) is 16.8 Å². The van der Waals surface area contributed by atoms with Gasteiger partial charge < -0.3 is 10.6 Å². The van der Waals surface area contributed by atoms with E-state index in [0.717, 1.165) is 19.4 Å². The van der Waals surface area contributed by atoms with Crippen molar-refractivity contribution in [3.63, 3.8) is 0 Å². The largest absolute Gasteiger partial charge is 0.350 e. The van der Waals surface area contributed by atoms with Crippen LogP contribution in [0.3, 0.4) is 0 Å². The molecule has 0 fully saturated rings. The van der Waals surface area contributed by atoms with E-state index in [2.05, 4.69) is 10.6 Å². The molecule has 0 bridgehead atoms. The van der Waals surface area contributed by atoms with E-state index in [0.29, 0.717) is 25.2 Å². The van der Waals surface area contributed by atoms with Gasteiger partial charge in [-0.25, -0.2) is 8.42 Å². The molecule has 2 N–H and O–H groups in total. The number of hydrogen-bond donors (Lipinski definition) is 2. The molecule has 0 saturated heterocycles. The molecule has 6 nitrogen and oxygen atoms in total. The van der Waals surface area contributed by atoms with Crippen molar-refractivity contribution in [2.45, 2.75) is 51.5 Å². The third kappa shape index (κ3) is 6.41. The molecule has 25 heavy (non-hydrogen) atoms. The summed E-state index contributed by atoms with van der Waals surface area (Å²) in [6, 6.07) is 6.34. The quantitative estimate of drug-likeness (QED) is 0.627. The summed E-state index contributed by atoms with van der Waals surface area (Å²) in [6.07, 6.45) is 1.54. The van der Waals surface area contributed by atoms with Gasteiger partial charge in [0, 0.05) is 31.2 Å². The van der Waals surface area contributed by atoms with Crippen molar-refractivity contribution >= 4 is 15.9 Å². The van der Waals surface area contributed by atoms with Gasteiger partial charge in [-0.2, -0.15) is 4.31 Å². The Morgan fingerprint density at radius 3 is 2.12 bits per heavy atom. The molecule has 0 aromatic heterocycles. The molecule has 0 radical (unpaired) electrons. The second-order valence-electron chi connectivity index (χ2n) is 6.10. The number of carbonyl (C=O) groups is 1. The molecule has 0 unspecified atom stereocenters. The number of carbonyl (C=O) groups excluding carboxylic acids is 1. The fraction of sp³-hybridized carbons (Fsp3) is 0.611. The molecule has 1 rings (SSSR count). The van der Waals surface area contributed by atoms with Crippen LogP contribution >= 0.6 is 0 Å². The van der Waals surface area contributed by atoms with Crippen LogP contribution in [0.25, 0.3) is 0 Å². The van der Waals surface area contributed by atoms with Crippen LogP contribution in [-0.4, -0.2) is 50.9 Å². The van der Waals surface area contributed by atoms with Crippen LogP contribution in [0, 0.1) is 0 Å². The number of likely N-dealkylation sites (N-methyl/N-ethyl adjacent to an activating group) is 1. The van der Waals surface area contributed by atoms with Gasteiger partial charge in [-0.1, -0.05) is 20.8 Å². The summed E-state index contributed by atoms with van der Waals surface area (Å²) >= 11 is 0. The highest BCUT2D eigenvalue weighted by molar-refractivity contribution is 7.89. The number of rotatable bonds is 11. The molecule has 1 aromatic rings. The summed E-state index contributed by atoms with van der Waals surface area (Å²) in [5.74, 6) is -0.201. The maximum absolute atomic E-state index is 12.7. The number of hydrogen-bond acceptors (Lipinski definition) is 4. The summed E-state index contributed by atoms with van der Waals surface area (Å²) < 4.78 is 26.9. The van der Waals surface area contributed by atoms with Gasteiger partial charge in [0.05, 0.1) is 4.90 Å². The van der Waals surface area contributed by atoms with Crippen molar-refractivity contribution in [1.82, 2.24) is 14.9 Å². The van der Waals surface area contributed by atoms with E-state index >= 15 is 0 Å². The van der Waals surface area contributed by atoms with Gasteiger partial charge in [0.15, 0.2) is 0 Å². The first-order chi connectivity index (χ1) is 11.9. The van der Waals surface area contributed by atoms with Crippen LogP contribution in [0.4, 0.5) is 0 Å². The molecule has 0 spiro atoms. The Labute approximate surface area is 152 Å². The fourth-order valence-electron chi connectivity index (χ4n) is 2.55. The van der Waals surface area contributed by atoms with Crippen molar-refractivity contribution in [1.29, 1.82) is 0 Å². The third-order valence-corrected chi connectivity index (χ3v) is 5.73. The van der Waals surface area contributed by atoms with Crippen LogP contribution < -0.4 is 10.6 Å². The second-order valence-corrected chi connectivity index (χ2v) is 8.04. The van der Waals surface area contributed by atoms with E-state index in [1.807, 2.05) is 27.7 Å². The SMILES string of the molecule is CCCN(CCC)S(=O)(=O)c1ccc(C(=O)NC[C@@H](C)NCC)cc1. The van der Waals surface area contributed by atoms with Crippen molar-refractivity contribution in [2.24, 2.45) is 0 Å². The van der Waals surface area contributed by atoms with Gasteiger partial charge in [-0.15, -0.1) is 0 Å². The maximum Gasteiger partial charge on any atom is 0.251 e. The lowest BCUT2D eigenvalue weighted by Crippen LogP contribution is -2.38. The lowest BCUT2D eigenvalue weighted by Gasteiger charge is -2.21. The number of nitrogens with zero attached hydrogens (tertiary/aromatic N) is 1. The monoisotopic (exact) mass is 369 g/mol. The van der Waals surface area contributed by atoms with E-state index in [1.54, 1.807) is 12.1 Å². The zero-order valence-corrected chi connectivity index (χ0v) is 16.5. The molecule has 1 amide bonds. The Kier molecular flexibility index (Phi) is 9.10. The highest BCUT2D eigenvalue weighted by Gasteiger charge is 2.23. The van der Waals surface area contributed by atoms with Crippen LogP contribution in [0.15, 0.2) is 29.2 Å². The first-order valence-electron chi connectivity index (χ1n) is 8.98. The molecule has 1 atom stereocenters. The molecule has 0 heterocycles. The van der Waals surface area contributed by atoms with Gasteiger partial charge in [0.2, 0.25) is 10.0 Å². The smallest absolute Gasteiger partial charge is 0.251 e. The first kappa shape index (κ1) is 21.6. The van der Waals surface area contributed by atoms with Crippen LogP contribution in [0.1, 0.15) is 50.9 Å². The predicted molar refractivity (Wildman–Crippen MR) is 101 cm³/mol. The zero-order valence-electron chi connectivity index (χ0n) is 15.7. The minimum absolute atomic E-state index is 0.185. The molecule has 0 saturated carbocycles. The van der Waals surface area contributed by atoms with Crippen molar-refractivity contribution < 1.29 is 13.2 Å². The standard InChI is InChI=1S/C18H31N3O3S/c1-5-12-21(13-6-2)25(23,24)17-10-8-16(9-11-17)18(22)20-14-15(4)19-7-3/h8-11,15,19H,5-7,12-14H2,1-4H3,(H,20,22)/t15-/m1/s1. The van der Waals surface area contributed by atoms with Crippen LogP contribution in [0.2, 0.25) is 0 Å². The van der Waals surface area contributed by atoms with E-state index in [9.17, 15) is 13.2 Å². The van der Waals surface area contributed by atoms with E-state index in [1.165, 1.54) is 16.4 Å². The summed E-state index contributed by atoms with van der Waals surface area (Å²) in [7, 11) is -3.51. The lowest BCUT2D eigenvalue weighted by molar-refractivity contribution is 0.0950. The molecule has 7 heteroatoms. The van der Waals surface area contributed by atoms with Gasteiger partial charge >= 0.3 is 0 Å². The summed E-state index contributed by atoms with van der Waals surface area (Å²) in [4.78, 5) is 12.4. The number of sulfonamides is 1. The van der Waals surface area contributed by atoms with Gasteiger partial charge in [0.25, 0.3) is 5.91 Å². The molecule has 0 aliphatic carbocycles. The Bertz CT molecular complexity index is 623. The topological polar surface area (TPSA) is 78.5 Å². The predicted octanol–water partition coefficient (Wildman–Crippen LogP) is 2.23. The summed E-state index contributed by atoms with van der Waals surface area (Å²) in [5.41, 5.74) is 0.459. The molecular formula is C18H31N3O3S. The van der Waals surface area contributed by atoms with Gasteiger partial charge in [-0.05, 0) is 50.6 Å². The van der Waals surface area contributed by atoms with Crippen LogP contribution in [0.5, 0.6) is 0 Å². The Balaban J connectivity index is 2.82. The normalized spacial score (nSPS) is 13.0. The zero-order chi connectivity index (χ0) is 18.9.